The van der Waals surface area contributed by atoms with Crippen LogP contribution in [0.2, 0.25) is 5.02 Å². The molecule has 0 aliphatic heterocycles. The number of furan rings is 1. The van der Waals surface area contributed by atoms with Crippen molar-refractivity contribution in [1.29, 1.82) is 0 Å². The van der Waals surface area contributed by atoms with Crippen molar-refractivity contribution in [3.63, 3.8) is 0 Å². The van der Waals surface area contributed by atoms with E-state index in [0.29, 0.717) is 22.1 Å². The number of aliphatic hydroxyl groups is 1. The molecule has 1 aromatic carbocycles. The van der Waals surface area contributed by atoms with E-state index in [2.05, 4.69) is 5.32 Å². The van der Waals surface area contributed by atoms with E-state index in [-0.39, 0.29) is 18.9 Å². The van der Waals surface area contributed by atoms with Gasteiger partial charge in [-0.3, -0.25) is 4.79 Å². The molecule has 0 saturated carbocycles. The Morgan fingerprint density at radius 1 is 1.43 bits per heavy atom. The number of aliphatic hydroxyl groups excluding tert-OH is 1. The molecule has 6 heteroatoms. The number of nitrogens with one attached hydrogen (secondary N) is 1. The highest BCUT2D eigenvalue weighted by Crippen LogP contribution is 2.26. The monoisotopic (exact) mass is 309 g/mol. The zero-order chi connectivity index (χ0) is 15.2. The zero-order valence-corrected chi connectivity index (χ0v) is 12.3. The second-order valence-corrected chi connectivity index (χ2v) is 4.84. The number of methoxy groups -OCH3 is 1. The van der Waals surface area contributed by atoms with Crippen LogP contribution in [0.3, 0.4) is 0 Å². The van der Waals surface area contributed by atoms with Crippen LogP contribution in [-0.4, -0.2) is 24.7 Å². The summed E-state index contributed by atoms with van der Waals surface area (Å²) in [5, 5.41) is 12.9. The molecule has 21 heavy (non-hydrogen) atoms. The van der Waals surface area contributed by atoms with Crippen molar-refractivity contribution < 1.29 is 19.1 Å². The maximum Gasteiger partial charge on any atom is 0.224 e. The van der Waals surface area contributed by atoms with Crippen LogP contribution < -0.4 is 10.1 Å². The second kappa shape index (κ2) is 7.15. The van der Waals surface area contributed by atoms with Crippen LogP contribution >= 0.6 is 11.6 Å². The standard InChI is InChI=1S/C15H16ClNO4/c1-20-13-5-2-4-11(16)10(13)8-15(19)17-9-12(18)14-6-3-7-21-14/h2-7,12,18H,8-9H2,1H3,(H,17,19)/t12-/m0/s1. The van der Waals surface area contributed by atoms with Gasteiger partial charge in [-0.2, -0.15) is 0 Å². The van der Waals surface area contributed by atoms with Crippen molar-refractivity contribution >= 4 is 17.5 Å². The second-order valence-electron chi connectivity index (χ2n) is 4.43. The molecule has 0 radical (unpaired) electrons. The minimum atomic E-state index is -0.878. The van der Waals surface area contributed by atoms with E-state index in [0.717, 1.165) is 0 Å². The molecule has 1 heterocycles. The lowest BCUT2D eigenvalue weighted by atomic mass is 10.1. The number of hydrogen-bond acceptors (Lipinski definition) is 4. The largest absolute Gasteiger partial charge is 0.496 e. The molecule has 0 bridgehead atoms. The van der Waals surface area contributed by atoms with Gasteiger partial charge in [0.15, 0.2) is 0 Å². The Hall–Kier alpha value is -1.98. The predicted molar refractivity (Wildman–Crippen MR) is 78.4 cm³/mol. The summed E-state index contributed by atoms with van der Waals surface area (Å²) in [6.45, 7) is 0.0686. The molecule has 1 amide bonds. The van der Waals surface area contributed by atoms with E-state index >= 15 is 0 Å². The van der Waals surface area contributed by atoms with Crippen LogP contribution in [0.1, 0.15) is 17.4 Å². The molecular formula is C15H16ClNO4. The van der Waals surface area contributed by atoms with E-state index in [4.69, 9.17) is 20.8 Å². The number of carbonyl (C=O) groups excluding carboxylic acids is 1. The molecule has 2 aromatic rings. The highest BCUT2D eigenvalue weighted by atomic mass is 35.5. The quantitative estimate of drug-likeness (QED) is 0.859. The number of amides is 1. The van der Waals surface area contributed by atoms with Crippen molar-refractivity contribution in [1.82, 2.24) is 5.32 Å². The van der Waals surface area contributed by atoms with Gasteiger partial charge in [0.1, 0.15) is 17.6 Å². The van der Waals surface area contributed by atoms with Crippen molar-refractivity contribution in [2.75, 3.05) is 13.7 Å². The fourth-order valence-electron chi connectivity index (χ4n) is 1.92. The Morgan fingerprint density at radius 2 is 2.24 bits per heavy atom. The van der Waals surface area contributed by atoms with Gasteiger partial charge in [0, 0.05) is 10.6 Å². The van der Waals surface area contributed by atoms with Crippen LogP contribution in [0.5, 0.6) is 5.75 Å². The first-order valence-corrected chi connectivity index (χ1v) is 6.79. The van der Waals surface area contributed by atoms with Gasteiger partial charge in [0.2, 0.25) is 5.91 Å². The molecule has 2 N–H and O–H groups in total. The van der Waals surface area contributed by atoms with Gasteiger partial charge in [0.25, 0.3) is 0 Å². The summed E-state index contributed by atoms with van der Waals surface area (Å²) in [5.41, 5.74) is 0.617. The van der Waals surface area contributed by atoms with Crippen molar-refractivity contribution in [2.45, 2.75) is 12.5 Å². The molecule has 1 atom stereocenters. The van der Waals surface area contributed by atoms with Crippen molar-refractivity contribution in [2.24, 2.45) is 0 Å². The smallest absolute Gasteiger partial charge is 0.224 e. The average molecular weight is 310 g/mol. The summed E-state index contributed by atoms with van der Waals surface area (Å²) in [5.74, 6) is 0.710. The molecule has 0 aliphatic carbocycles. The topological polar surface area (TPSA) is 71.7 Å². The van der Waals surface area contributed by atoms with E-state index in [9.17, 15) is 9.90 Å². The minimum Gasteiger partial charge on any atom is -0.496 e. The number of halogens is 1. The third-order valence-corrected chi connectivity index (χ3v) is 3.35. The first-order chi connectivity index (χ1) is 10.1. The fourth-order valence-corrected chi connectivity index (χ4v) is 2.15. The van der Waals surface area contributed by atoms with Gasteiger partial charge in [-0.15, -0.1) is 0 Å². The van der Waals surface area contributed by atoms with Crippen molar-refractivity contribution in [3.05, 3.63) is 52.9 Å². The Balaban J connectivity index is 1.93. The van der Waals surface area contributed by atoms with Gasteiger partial charge in [-0.1, -0.05) is 17.7 Å². The third-order valence-electron chi connectivity index (χ3n) is 3.00. The summed E-state index contributed by atoms with van der Waals surface area (Å²) in [6, 6.07) is 8.52. The average Bonchev–Trinajstić information content (AvgIpc) is 3.01. The number of carbonyl (C=O) groups is 1. The van der Waals surface area contributed by atoms with E-state index < -0.39 is 6.10 Å². The summed E-state index contributed by atoms with van der Waals surface area (Å²) >= 11 is 6.07. The summed E-state index contributed by atoms with van der Waals surface area (Å²) in [7, 11) is 1.52. The first-order valence-electron chi connectivity index (χ1n) is 6.41. The Labute approximate surface area is 127 Å². The number of rotatable bonds is 6. The lowest BCUT2D eigenvalue weighted by molar-refractivity contribution is -0.121. The van der Waals surface area contributed by atoms with E-state index in [1.54, 1.807) is 30.3 Å². The van der Waals surface area contributed by atoms with Crippen LogP contribution in [0, 0.1) is 0 Å². The highest BCUT2D eigenvalue weighted by Gasteiger charge is 2.15. The lowest BCUT2D eigenvalue weighted by Crippen LogP contribution is -2.29. The Kier molecular flexibility index (Phi) is 5.25. The van der Waals surface area contributed by atoms with Gasteiger partial charge in [0.05, 0.1) is 26.3 Å². The SMILES string of the molecule is COc1cccc(Cl)c1CC(=O)NC[C@H](O)c1ccco1. The third kappa shape index (κ3) is 4.00. The lowest BCUT2D eigenvalue weighted by Gasteiger charge is -2.12. The molecule has 0 unspecified atom stereocenters. The summed E-state index contributed by atoms with van der Waals surface area (Å²) < 4.78 is 10.2. The first kappa shape index (κ1) is 15.4. The molecule has 0 saturated heterocycles. The Bertz CT molecular complexity index is 598. The molecular weight excluding hydrogens is 294 g/mol. The molecule has 1 aromatic heterocycles. The molecule has 0 aliphatic rings. The van der Waals surface area contributed by atoms with Crippen LogP contribution in [0.25, 0.3) is 0 Å². The maximum atomic E-state index is 11.9. The number of benzene rings is 1. The van der Waals surface area contributed by atoms with E-state index in [1.165, 1.54) is 13.4 Å². The molecule has 0 fully saturated rings. The van der Waals surface area contributed by atoms with Gasteiger partial charge >= 0.3 is 0 Å². The van der Waals surface area contributed by atoms with Gasteiger partial charge in [-0.25, -0.2) is 0 Å². The highest BCUT2D eigenvalue weighted by molar-refractivity contribution is 6.31. The predicted octanol–water partition coefficient (Wildman–Crippen LogP) is 2.33. The molecule has 2 rings (SSSR count). The van der Waals surface area contributed by atoms with Crippen LogP contribution in [0.15, 0.2) is 41.0 Å². The molecule has 5 nitrogen and oxygen atoms in total. The van der Waals surface area contributed by atoms with Crippen molar-refractivity contribution in [3.8, 4) is 5.75 Å². The van der Waals surface area contributed by atoms with E-state index in [1.807, 2.05) is 0 Å². The number of ether oxygens (including phenoxy) is 1. The van der Waals surface area contributed by atoms with Crippen LogP contribution in [0.4, 0.5) is 0 Å². The Morgan fingerprint density at radius 3 is 2.90 bits per heavy atom. The maximum absolute atomic E-state index is 11.9. The van der Waals surface area contributed by atoms with Gasteiger partial charge in [-0.05, 0) is 24.3 Å². The summed E-state index contributed by atoms with van der Waals surface area (Å²) in [4.78, 5) is 11.9. The summed E-state index contributed by atoms with van der Waals surface area (Å²) in [6.07, 6.45) is 0.667. The van der Waals surface area contributed by atoms with Gasteiger partial charge < -0.3 is 19.6 Å². The number of hydrogen-bond donors (Lipinski definition) is 2. The minimum absolute atomic E-state index is 0.0686. The molecule has 112 valence electrons. The zero-order valence-electron chi connectivity index (χ0n) is 11.5. The normalized spacial score (nSPS) is 12.0. The van der Waals surface area contributed by atoms with Crippen LogP contribution in [-0.2, 0) is 11.2 Å². The fraction of sp³-hybridized carbons (Fsp3) is 0.267. The molecule has 0 spiro atoms.